The van der Waals surface area contributed by atoms with Crippen molar-refractivity contribution in [1.29, 1.82) is 0 Å². The molecule has 1 saturated heterocycles. The third kappa shape index (κ3) is 3.73. The third-order valence-corrected chi connectivity index (χ3v) is 4.95. The quantitative estimate of drug-likeness (QED) is 0.816. The van der Waals surface area contributed by atoms with Crippen molar-refractivity contribution in [3.05, 3.63) is 52.5 Å². The lowest BCUT2D eigenvalue weighted by atomic mass is 10.0. The average molecular weight is 375 g/mol. The number of carbonyl (C=O) groups is 1. The number of likely N-dealkylation sites (tertiary alicyclic amines) is 1. The Morgan fingerprint density at radius 3 is 2.65 bits per heavy atom. The van der Waals surface area contributed by atoms with Crippen molar-refractivity contribution in [2.24, 2.45) is 0 Å². The Balaban J connectivity index is 1.82. The topological polar surface area (TPSA) is 50.8 Å². The summed E-state index contributed by atoms with van der Waals surface area (Å²) in [5.74, 6) is 1.01. The van der Waals surface area contributed by atoms with Crippen molar-refractivity contribution >= 4 is 23.3 Å². The summed E-state index contributed by atoms with van der Waals surface area (Å²) < 4.78 is 10.6. The molecule has 1 N–H and O–H groups in total. The standard InChI is InChI=1S/C20H23ClN2O3/c1-13-6-4-7-14(10-13)17-8-5-9-23(17)20(24)22-16-11-15(21)18(25-2)12-19(16)26-3/h4,6-7,10-12,17H,5,8-9H2,1-3H3,(H,22,24). The summed E-state index contributed by atoms with van der Waals surface area (Å²) in [5.41, 5.74) is 2.88. The van der Waals surface area contributed by atoms with E-state index in [0.717, 1.165) is 24.9 Å². The van der Waals surface area contributed by atoms with Gasteiger partial charge in [-0.25, -0.2) is 4.79 Å². The highest BCUT2D eigenvalue weighted by Gasteiger charge is 2.30. The Kier molecular flexibility index (Phi) is 5.57. The molecule has 1 fully saturated rings. The molecule has 2 aromatic rings. The van der Waals surface area contributed by atoms with Crippen LogP contribution in [0.2, 0.25) is 5.02 Å². The van der Waals surface area contributed by atoms with E-state index in [1.54, 1.807) is 19.2 Å². The van der Waals surface area contributed by atoms with Gasteiger partial charge in [0.05, 0.1) is 31.0 Å². The number of aryl methyl sites for hydroxylation is 1. The Labute approximate surface area is 158 Å². The number of ether oxygens (including phenoxy) is 2. The molecule has 5 nitrogen and oxygen atoms in total. The zero-order chi connectivity index (χ0) is 18.7. The molecule has 0 saturated carbocycles. The van der Waals surface area contributed by atoms with Crippen molar-refractivity contribution in [2.75, 3.05) is 26.1 Å². The molecule has 0 aromatic heterocycles. The van der Waals surface area contributed by atoms with Gasteiger partial charge >= 0.3 is 6.03 Å². The molecule has 1 aliphatic rings. The molecular formula is C20H23ClN2O3. The number of benzene rings is 2. The summed E-state index contributed by atoms with van der Waals surface area (Å²) in [4.78, 5) is 14.8. The minimum atomic E-state index is -0.159. The van der Waals surface area contributed by atoms with E-state index < -0.39 is 0 Å². The number of rotatable bonds is 4. The molecular weight excluding hydrogens is 352 g/mol. The molecule has 3 rings (SSSR count). The molecule has 2 aromatic carbocycles. The Morgan fingerprint density at radius 1 is 1.19 bits per heavy atom. The first-order valence-corrected chi connectivity index (χ1v) is 8.97. The van der Waals surface area contributed by atoms with E-state index in [1.165, 1.54) is 12.7 Å². The average Bonchev–Trinajstić information content (AvgIpc) is 3.12. The van der Waals surface area contributed by atoms with Gasteiger partial charge in [0.2, 0.25) is 0 Å². The molecule has 0 spiro atoms. The number of amides is 2. The fourth-order valence-corrected chi connectivity index (χ4v) is 3.62. The van der Waals surface area contributed by atoms with Gasteiger partial charge in [0.25, 0.3) is 0 Å². The highest BCUT2D eigenvalue weighted by atomic mass is 35.5. The number of hydrogen-bond donors (Lipinski definition) is 1. The maximum atomic E-state index is 12.9. The van der Waals surface area contributed by atoms with E-state index in [1.807, 2.05) is 11.0 Å². The van der Waals surface area contributed by atoms with Gasteiger partial charge in [-0.3, -0.25) is 0 Å². The lowest BCUT2D eigenvalue weighted by Crippen LogP contribution is -2.34. The van der Waals surface area contributed by atoms with Crippen LogP contribution in [0.25, 0.3) is 0 Å². The maximum absolute atomic E-state index is 12.9. The van der Waals surface area contributed by atoms with Crippen LogP contribution < -0.4 is 14.8 Å². The molecule has 2 amide bonds. The van der Waals surface area contributed by atoms with Crippen molar-refractivity contribution in [1.82, 2.24) is 4.90 Å². The van der Waals surface area contributed by atoms with E-state index in [0.29, 0.717) is 22.2 Å². The fourth-order valence-electron chi connectivity index (χ4n) is 3.38. The van der Waals surface area contributed by atoms with Crippen LogP contribution in [-0.4, -0.2) is 31.7 Å². The van der Waals surface area contributed by atoms with E-state index in [9.17, 15) is 4.79 Å². The number of halogens is 1. The van der Waals surface area contributed by atoms with Crippen LogP contribution in [0.4, 0.5) is 10.5 Å². The van der Waals surface area contributed by atoms with E-state index >= 15 is 0 Å². The smallest absolute Gasteiger partial charge is 0.322 e. The summed E-state index contributed by atoms with van der Waals surface area (Å²) in [6.07, 6.45) is 1.93. The second-order valence-electron chi connectivity index (χ2n) is 6.38. The molecule has 6 heteroatoms. The van der Waals surface area contributed by atoms with Gasteiger partial charge in [0.15, 0.2) is 0 Å². The zero-order valence-electron chi connectivity index (χ0n) is 15.2. The van der Waals surface area contributed by atoms with E-state index in [2.05, 4.69) is 30.4 Å². The van der Waals surface area contributed by atoms with Crippen LogP contribution in [0.5, 0.6) is 11.5 Å². The molecule has 1 aliphatic heterocycles. The Morgan fingerprint density at radius 2 is 1.96 bits per heavy atom. The molecule has 1 unspecified atom stereocenters. The van der Waals surface area contributed by atoms with Gasteiger partial charge in [-0.15, -0.1) is 0 Å². The normalized spacial score (nSPS) is 16.5. The second-order valence-corrected chi connectivity index (χ2v) is 6.79. The van der Waals surface area contributed by atoms with Gasteiger partial charge < -0.3 is 19.7 Å². The summed E-state index contributed by atoms with van der Waals surface area (Å²) >= 11 is 6.20. The van der Waals surface area contributed by atoms with Gasteiger partial charge in [0, 0.05) is 12.6 Å². The van der Waals surface area contributed by atoms with Crippen LogP contribution in [0.3, 0.4) is 0 Å². The summed E-state index contributed by atoms with van der Waals surface area (Å²) in [7, 11) is 3.08. The van der Waals surface area contributed by atoms with Crippen LogP contribution in [0.1, 0.15) is 30.0 Å². The number of anilines is 1. The Hall–Kier alpha value is -2.40. The monoisotopic (exact) mass is 374 g/mol. The molecule has 26 heavy (non-hydrogen) atoms. The number of urea groups is 1. The van der Waals surface area contributed by atoms with Crippen LogP contribution >= 0.6 is 11.6 Å². The SMILES string of the molecule is COc1cc(OC)c(NC(=O)N2CCCC2c2cccc(C)c2)cc1Cl. The predicted molar refractivity (Wildman–Crippen MR) is 103 cm³/mol. The highest BCUT2D eigenvalue weighted by Crippen LogP contribution is 2.37. The first-order valence-electron chi connectivity index (χ1n) is 8.59. The molecule has 0 bridgehead atoms. The minimum absolute atomic E-state index is 0.0783. The van der Waals surface area contributed by atoms with Crippen LogP contribution in [0, 0.1) is 6.92 Å². The molecule has 1 heterocycles. The largest absolute Gasteiger partial charge is 0.495 e. The number of carbonyl (C=O) groups excluding carboxylic acids is 1. The Bertz CT molecular complexity index is 810. The number of hydrogen-bond acceptors (Lipinski definition) is 3. The summed E-state index contributed by atoms with van der Waals surface area (Å²) in [5, 5.41) is 3.35. The van der Waals surface area contributed by atoms with Gasteiger partial charge in [-0.05, 0) is 31.4 Å². The summed E-state index contributed by atoms with van der Waals surface area (Å²) in [6.45, 7) is 2.78. The highest BCUT2D eigenvalue weighted by molar-refractivity contribution is 6.32. The van der Waals surface area contributed by atoms with E-state index in [4.69, 9.17) is 21.1 Å². The number of methoxy groups -OCH3 is 2. The first kappa shape index (κ1) is 18.4. The summed E-state index contributed by atoms with van der Waals surface area (Å²) in [6, 6.07) is 11.5. The number of nitrogens with one attached hydrogen (secondary N) is 1. The lowest BCUT2D eigenvalue weighted by Gasteiger charge is -2.26. The van der Waals surface area contributed by atoms with Crippen LogP contribution in [-0.2, 0) is 0 Å². The molecule has 0 aliphatic carbocycles. The maximum Gasteiger partial charge on any atom is 0.322 e. The van der Waals surface area contributed by atoms with Crippen LogP contribution in [0.15, 0.2) is 36.4 Å². The fraction of sp³-hybridized carbons (Fsp3) is 0.350. The third-order valence-electron chi connectivity index (χ3n) is 4.66. The van der Waals surface area contributed by atoms with Crippen molar-refractivity contribution in [3.8, 4) is 11.5 Å². The minimum Gasteiger partial charge on any atom is -0.495 e. The molecule has 138 valence electrons. The van der Waals surface area contributed by atoms with Gasteiger partial charge in [-0.1, -0.05) is 41.4 Å². The predicted octanol–water partition coefficient (Wildman–Crippen LogP) is 5.03. The molecule has 0 radical (unpaired) electrons. The van der Waals surface area contributed by atoms with E-state index in [-0.39, 0.29) is 12.1 Å². The number of nitrogens with zero attached hydrogens (tertiary/aromatic N) is 1. The van der Waals surface area contributed by atoms with Crippen molar-refractivity contribution in [2.45, 2.75) is 25.8 Å². The molecule has 1 atom stereocenters. The zero-order valence-corrected chi connectivity index (χ0v) is 16.0. The van der Waals surface area contributed by atoms with Crippen molar-refractivity contribution in [3.63, 3.8) is 0 Å². The van der Waals surface area contributed by atoms with Gasteiger partial charge in [0.1, 0.15) is 11.5 Å². The second kappa shape index (κ2) is 7.87. The lowest BCUT2D eigenvalue weighted by molar-refractivity contribution is 0.207. The van der Waals surface area contributed by atoms with Crippen molar-refractivity contribution < 1.29 is 14.3 Å². The first-order chi connectivity index (χ1) is 12.5. The van der Waals surface area contributed by atoms with Gasteiger partial charge in [-0.2, -0.15) is 0 Å².